The number of fused-ring (bicyclic) bond motifs is 5. The predicted molar refractivity (Wildman–Crippen MR) is 189 cm³/mol. The zero-order chi connectivity index (χ0) is 30.4. The lowest BCUT2D eigenvalue weighted by molar-refractivity contribution is 1.41. The molecular weight excluding hydrogens is 532 g/mol. The quantitative estimate of drug-likeness (QED) is 0.154. The van der Waals surface area contributed by atoms with Gasteiger partial charge in [-0.1, -0.05) is 110 Å². The van der Waals surface area contributed by atoms with Crippen molar-refractivity contribution >= 4 is 61.4 Å². The Morgan fingerprint density at radius 3 is 1.89 bits per heavy atom. The Bertz CT molecular complexity index is 2330. The molecule has 0 N–H and O–H groups in total. The number of nitriles is 1. The van der Waals surface area contributed by atoms with Crippen LogP contribution in [-0.4, -0.2) is 4.98 Å². The SMILES string of the molecule is C=Cc1ccc2c(-c3c4ccccc4c(-c4ccc(C#N)cc4)c4ccccc34)nc3cc(/C=C\C)c(C)cc3c2c1C=C. The van der Waals surface area contributed by atoms with Crippen LogP contribution in [0.5, 0.6) is 0 Å². The van der Waals surface area contributed by atoms with Gasteiger partial charge in [0.15, 0.2) is 0 Å². The van der Waals surface area contributed by atoms with Crippen LogP contribution >= 0.6 is 0 Å². The van der Waals surface area contributed by atoms with Gasteiger partial charge in [0.2, 0.25) is 0 Å². The van der Waals surface area contributed by atoms with E-state index in [4.69, 9.17) is 4.98 Å². The zero-order valence-corrected chi connectivity index (χ0v) is 24.9. The van der Waals surface area contributed by atoms with Crippen molar-refractivity contribution in [1.82, 2.24) is 4.98 Å². The van der Waals surface area contributed by atoms with Crippen LogP contribution in [0.15, 0.2) is 116 Å². The van der Waals surface area contributed by atoms with Gasteiger partial charge >= 0.3 is 0 Å². The Hall–Kier alpha value is -5.78. The number of aromatic nitrogens is 1. The summed E-state index contributed by atoms with van der Waals surface area (Å²) >= 11 is 0. The molecule has 0 radical (unpaired) electrons. The van der Waals surface area contributed by atoms with E-state index in [9.17, 15) is 5.26 Å². The Kier molecular flexibility index (Phi) is 6.65. The van der Waals surface area contributed by atoms with Gasteiger partial charge in [-0.05, 0) is 93.0 Å². The van der Waals surface area contributed by atoms with E-state index in [0.717, 1.165) is 82.3 Å². The third kappa shape index (κ3) is 4.14. The summed E-state index contributed by atoms with van der Waals surface area (Å²) in [6, 6.07) is 36.1. The molecule has 0 aliphatic carbocycles. The first-order valence-electron chi connectivity index (χ1n) is 14.8. The van der Waals surface area contributed by atoms with Crippen molar-refractivity contribution in [1.29, 1.82) is 5.26 Å². The van der Waals surface area contributed by atoms with Crippen LogP contribution in [0.2, 0.25) is 0 Å². The monoisotopic (exact) mass is 562 g/mol. The van der Waals surface area contributed by atoms with Crippen LogP contribution in [0.1, 0.15) is 34.7 Å². The van der Waals surface area contributed by atoms with E-state index in [1.807, 2.05) is 43.3 Å². The van der Waals surface area contributed by atoms with Gasteiger partial charge in [0.25, 0.3) is 0 Å². The van der Waals surface area contributed by atoms with Crippen LogP contribution in [0.4, 0.5) is 0 Å². The minimum absolute atomic E-state index is 0.648. The van der Waals surface area contributed by atoms with Crippen LogP contribution in [0.25, 0.3) is 83.8 Å². The summed E-state index contributed by atoms with van der Waals surface area (Å²) in [5, 5.41) is 17.3. The summed E-state index contributed by atoms with van der Waals surface area (Å²) in [6.45, 7) is 12.5. The number of hydrogen-bond donors (Lipinski definition) is 0. The van der Waals surface area contributed by atoms with Crippen molar-refractivity contribution in [2.75, 3.05) is 0 Å². The lowest BCUT2D eigenvalue weighted by Gasteiger charge is -2.20. The number of rotatable bonds is 5. The smallest absolute Gasteiger partial charge is 0.0991 e. The highest BCUT2D eigenvalue weighted by atomic mass is 14.7. The van der Waals surface area contributed by atoms with Gasteiger partial charge in [-0.3, -0.25) is 0 Å². The molecule has 0 atom stereocenters. The summed E-state index contributed by atoms with van der Waals surface area (Å²) < 4.78 is 0. The third-order valence-corrected chi connectivity index (χ3v) is 8.66. The minimum atomic E-state index is 0.648. The minimum Gasteiger partial charge on any atom is -0.247 e. The molecule has 0 amide bonds. The molecule has 6 aromatic carbocycles. The van der Waals surface area contributed by atoms with Crippen molar-refractivity contribution in [3.05, 3.63) is 144 Å². The first-order valence-corrected chi connectivity index (χ1v) is 14.8. The molecule has 2 heteroatoms. The molecule has 0 spiro atoms. The van der Waals surface area contributed by atoms with Crippen LogP contribution < -0.4 is 0 Å². The molecule has 0 unspecified atom stereocenters. The molecule has 7 rings (SSSR count). The van der Waals surface area contributed by atoms with Crippen molar-refractivity contribution in [3.63, 3.8) is 0 Å². The average molecular weight is 563 g/mol. The highest BCUT2D eigenvalue weighted by Gasteiger charge is 2.21. The van der Waals surface area contributed by atoms with E-state index in [1.54, 1.807) is 0 Å². The van der Waals surface area contributed by atoms with Gasteiger partial charge in [-0.2, -0.15) is 5.26 Å². The predicted octanol–water partition coefficient (Wildman–Crippen LogP) is 11.5. The van der Waals surface area contributed by atoms with Gasteiger partial charge in [0, 0.05) is 21.7 Å². The molecule has 1 aromatic heterocycles. The molecule has 0 saturated carbocycles. The molecule has 208 valence electrons. The normalized spacial score (nSPS) is 11.5. The number of nitrogens with zero attached hydrogens (tertiary/aromatic N) is 2. The van der Waals surface area contributed by atoms with E-state index >= 15 is 0 Å². The van der Waals surface area contributed by atoms with Gasteiger partial charge < -0.3 is 0 Å². The summed E-state index contributed by atoms with van der Waals surface area (Å²) in [6.07, 6.45) is 8.07. The van der Waals surface area contributed by atoms with E-state index in [1.165, 1.54) is 5.56 Å². The highest BCUT2D eigenvalue weighted by molar-refractivity contribution is 6.25. The summed E-state index contributed by atoms with van der Waals surface area (Å²) in [5.41, 5.74) is 10.3. The maximum atomic E-state index is 9.43. The second kappa shape index (κ2) is 10.8. The summed E-state index contributed by atoms with van der Waals surface area (Å²) in [5.74, 6) is 0. The second-order valence-electron chi connectivity index (χ2n) is 11.1. The van der Waals surface area contributed by atoms with E-state index in [2.05, 4.69) is 111 Å². The largest absolute Gasteiger partial charge is 0.247 e. The molecule has 0 fully saturated rings. The number of allylic oxidation sites excluding steroid dienone is 1. The van der Waals surface area contributed by atoms with Gasteiger partial charge in [0.1, 0.15) is 0 Å². The molecule has 1 heterocycles. The molecule has 0 aliphatic heterocycles. The van der Waals surface area contributed by atoms with Crippen LogP contribution in [-0.2, 0) is 0 Å². The van der Waals surface area contributed by atoms with E-state index in [0.29, 0.717) is 5.56 Å². The van der Waals surface area contributed by atoms with Crippen LogP contribution in [0.3, 0.4) is 0 Å². The van der Waals surface area contributed by atoms with Gasteiger partial charge in [-0.25, -0.2) is 4.98 Å². The first kappa shape index (κ1) is 27.1. The van der Waals surface area contributed by atoms with Crippen molar-refractivity contribution in [3.8, 4) is 28.5 Å². The van der Waals surface area contributed by atoms with Crippen LogP contribution in [0, 0.1) is 18.3 Å². The Labute approximate surface area is 257 Å². The Balaban J connectivity index is 1.70. The molecule has 7 aromatic rings. The fourth-order valence-corrected chi connectivity index (χ4v) is 6.66. The second-order valence-corrected chi connectivity index (χ2v) is 11.1. The fraction of sp³-hybridized carbons (Fsp3) is 0.0476. The topological polar surface area (TPSA) is 36.7 Å². The number of benzene rings is 6. The lowest BCUT2D eigenvalue weighted by atomic mass is 9.85. The molecule has 44 heavy (non-hydrogen) atoms. The van der Waals surface area contributed by atoms with E-state index < -0.39 is 0 Å². The Morgan fingerprint density at radius 2 is 1.32 bits per heavy atom. The first-order chi connectivity index (χ1) is 21.6. The molecule has 0 bridgehead atoms. The fourth-order valence-electron chi connectivity index (χ4n) is 6.66. The van der Waals surface area contributed by atoms with Gasteiger partial charge in [0.05, 0.1) is 22.8 Å². The van der Waals surface area contributed by atoms with Crippen molar-refractivity contribution < 1.29 is 0 Å². The number of hydrogen-bond acceptors (Lipinski definition) is 2. The summed E-state index contributed by atoms with van der Waals surface area (Å²) in [4.78, 5) is 5.48. The van der Waals surface area contributed by atoms with Crippen molar-refractivity contribution in [2.24, 2.45) is 0 Å². The maximum Gasteiger partial charge on any atom is 0.0991 e. The molecular formula is C42H30N2. The lowest BCUT2D eigenvalue weighted by Crippen LogP contribution is -1.97. The third-order valence-electron chi connectivity index (χ3n) is 8.66. The zero-order valence-electron chi connectivity index (χ0n) is 24.9. The molecule has 0 aliphatic rings. The van der Waals surface area contributed by atoms with Gasteiger partial charge in [-0.15, -0.1) is 0 Å². The Morgan fingerprint density at radius 1 is 0.682 bits per heavy atom. The highest BCUT2D eigenvalue weighted by Crippen LogP contribution is 2.46. The maximum absolute atomic E-state index is 9.43. The van der Waals surface area contributed by atoms with E-state index in [-0.39, 0.29) is 0 Å². The molecule has 2 nitrogen and oxygen atoms in total. The summed E-state index contributed by atoms with van der Waals surface area (Å²) in [7, 11) is 0. The van der Waals surface area contributed by atoms with Crippen molar-refractivity contribution in [2.45, 2.75) is 13.8 Å². The molecule has 0 saturated heterocycles. The number of aryl methyl sites for hydroxylation is 1. The number of pyridine rings is 1. The standard InChI is InChI=1S/C42H30N2/c1-5-12-30-24-38-37(23-26(30)4)40-31(7-3)28(6-2)21-22-36(40)42(44-38)41-34-15-10-8-13-32(34)39(33-14-9-11-16-35(33)41)29-19-17-27(25-43)18-20-29/h5-24H,2-3H2,1,4H3/b12-5-. The average Bonchev–Trinajstić information content (AvgIpc) is 3.07.